The van der Waals surface area contributed by atoms with Crippen molar-refractivity contribution >= 4 is 5.97 Å². The summed E-state index contributed by atoms with van der Waals surface area (Å²) in [5.74, 6) is -0.203. The van der Waals surface area contributed by atoms with Gasteiger partial charge in [0.2, 0.25) is 0 Å². The maximum Gasteiger partial charge on any atom is 0.310 e. The Labute approximate surface area is 179 Å². The number of hydrogen-bond acceptors (Lipinski definition) is 5. The Bertz CT molecular complexity index is 849. The van der Waals surface area contributed by atoms with Gasteiger partial charge in [0.15, 0.2) is 0 Å². The predicted octanol–water partition coefficient (Wildman–Crippen LogP) is 3.62. The number of rotatable bonds is 8. The molecule has 2 aromatic carbocycles. The lowest BCUT2D eigenvalue weighted by atomic mass is 9.67. The highest BCUT2D eigenvalue weighted by Crippen LogP contribution is 2.39. The quantitative estimate of drug-likeness (QED) is 0.650. The van der Waals surface area contributed by atoms with E-state index in [0.29, 0.717) is 19.6 Å². The molecule has 1 aliphatic carbocycles. The monoisotopic (exact) mass is 411 g/mol. The molecule has 0 radical (unpaired) electrons. The van der Waals surface area contributed by atoms with Gasteiger partial charge in [-0.2, -0.15) is 0 Å². The first kappa shape index (κ1) is 22.3. The summed E-state index contributed by atoms with van der Waals surface area (Å²) in [6.07, 6.45) is 1.35. The van der Waals surface area contributed by atoms with Crippen LogP contribution in [-0.2, 0) is 32.5 Å². The molecule has 0 aromatic heterocycles. The number of ether oxygens (including phenoxy) is 2. The van der Waals surface area contributed by atoms with Crippen LogP contribution in [0.1, 0.15) is 37.5 Å². The van der Waals surface area contributed by atoms with Crippen molar-refractivity contribution in [1.82, 2.24) is 5.32 Å². The van der Waals surface area contributed by atoms with E-state index in [4.69, 9.17) is 9.47 Å². The van der Waals surface area contributed by atoms with Gasteiger partial charge in [-0.25, -0.2) is 0 Å². The van der Waals surface area contributed by atoms with Gasteiger partial charge in [0, 0.05) is 31.5 Å². The van der Waals surface area contributed by atoms with Gasteiger partial charge in [0.25, 0.3) is 0 Å². The number of fused-ring (bicyclic) bond motifs is 1. The van der Waals surface area contributed by atoms with Crippen LogP contribution in [0.4, 0.5) is 0 Å². The normalized spacial score (nSPS) is 20.9. The van der Waals surface area contributed by atoms with Crippen molar-refractivity contribution in [2.45, 2.75) is 51.2 Å². The predicted molar refractivity (Wildman–Crippen MR) is 118 cm³/mol. The maximum absolute atomic E-state index is 12.6. The van der Waals surface area contributed by atoms with Gasteiger partial charge < -0.3 is 19.9 Å². The Kier molecular flexibility index (Phi) is 7.16. The summed E-state index contributed by atoms with van der Waals surface area (Å²) in [5, 5.41) is 13.7. The number of carbonyl (C=O) groups is 1. The molecule has 2 aromatic rings. The van der Waals surface area contributed by atoms with Gasteiger partial charge in [0.1, 0.15) is 5.75 Å². The summed E-state index contributed by atoms with van der Waals surface area (Å²) >= 11 is 0. The first-order chi connectivity index (χ1) is 14.4. The molecule has 5 heteroatoms. The van der Waals surface area contributed by atoms with Gasteiger partial charge in [-0.1, -0.05) is 50.2 Å². The van der Waals surface area contributed by atoms with E-state index in [1.165, 1.54) is 5.56 Å². The molecule has 3 unspecified atom stereocenters. The third-order valence-electron chi connectivity index (χ3n) is 6.19. The second-order valence-electron chi connectivity index (χ2n) is 8.57. The van der Waals surface area contributed by atoms with Gasteiger partial charge in [-0.3, -0.25) is 4.79 Å². The fourth-order valence-electron chi connectivity index (χ4n) is 4.58. The minimum atomic E-state index is -0.286. The van der Waals surface area contributed by atoms with Gasteiger partial charge >= 0.3 is 5.97 Å². The highest BCUT2D eigenvalue weighted by atomic mass is 16.5. The summed E-state index contributed by atoms with van der Waals surface area (Å²) in [6.45, 7) is 7.01. The average molecular weight is 412 g/mol. The zero-order chi connectivity index (χ0) is 21.7. The van der Waals surface area contributed by atoms with Crippen molar-refractivity contribution in [2.24, 2.45) is 5.92 Å². The first-order valence-electron chi connectivity index (χ1n) is 10.7. The third-order valence-corrected chi connectivity index (χ3v) is 6.19. The van der Waals surface area contributed by atoms with Crippen molar-refractivity contribution in [3.63, 3.8) is 0 Å². The van der Waals surface area contributed by atoms with E-state index in [0.717, 1.165) is 17.5 Å². The van der Waals surface area contributed by atoms with Crippen molar-refractivity contribution in [3.8, 4) is 5.75 Å². The zero-order valence-electron chi connectivity index (χ0n) is 18.4. The second kappa shape index (κ2) is 9.63. The molecule has 0 fully saturated rings. The van der Waals surface area contributed by atoms with Crippen LogP contribution >= 0.6 is 0 Å². The fraction of sp³-hybridized carbons (Fsp3) is 0.480. The third kappa shape index (κ3) is 4.85. The minimum absolute atomic E-state index is 0.00972. The van der Waals surface area contributed by atoms with E-state index in [9.17, 15) is 9.90 Å². The van der Waals surface area contributed by atoms with Gasteiger partial charge in [0.05, 0.1) is 18.6 Å². The lowest BCUT2D eigenvalue weighted by Crippen LogP contribution is -2.58. The molecule has 0 bridgehead atoms. The summed E-state index contributed by atoms with van der Waals surface area (Å²) < 4.78 is 11.2. The lowest BCUT2D eigenvalue weighted by Gasteiger charge is -2.45. The smallest absolute Gasteiger partial charge is 0.310 e. The van der Waals surface area contributed by atoms with Crippen molar-refractivity contribution < 1.29 is 19.4 Å². The number of hydrogen-bond donors (Lipinski definition) is 2. The van der Waals surface area contributed by atoms with E-state index in [-0.39, 0.29) is 35.2 Å². The standard InChI is InChI=1S/C25H33NO4/c1-5-30-24(28)19(13-17-9-7-6-8-10-17)16-26-23-22(29-4)14-18-11-12-20(27)15-21(18)25(23,2)3/h6-12,15,19,22-23,26-27H,5,13-14,16H2,1-4H3. The van der Waals surface area contributed by atoms with Crippen LogP contribution < -0.4 is 5.32 Å². The van der Waals surface area contributed by atoms with Crippen LogP contribution in [0.5, 0.6) is 5.75 Å². The van der Waals surface area contributed by atoms with Crippen LogP contribution in [-0.4, -0.2) is 43.5 Å². The molecule has 1 aliphatic rings. The molecule has 162 valence electrons. The molecular weight excluding hydrogens is 378 g/mol. The van der Waals surface area contributed by atoms with Crippen molar-refractivity contribution in [3.05, 3.63) is 65.2 Å². The molecule has 0 spiro atoms. The Morgan fingerprint density at radius 1 is 1.23 bits per heavy atom. The van der Waals surface area contributed by atoms with E-state index < -0.39 is 0 Å². The summed E-state index contributed by atoms with van der Waals surface area (Å²) in [4.78, 5) is 12.6. The SMILES string of the molecule is CCOC(=O)C(CNC1C(OC)Cc2ccc(O)cc2C1(C)C)Cc1ccccc1. The molecule has 5 nitrogen and oxygen atoms in total. The number of esters is 1. The average Bonchev–Trinajstić information content (AvgIpc) is 2.73. The maximum atomic E-state index is 12.6. The molecule has 30 heavy (non-hydrogen) atoms. The van der Waals surface area contributed by atoms with E-state index in [1.54, 1.807) is 13.2 Å². The number of phenolic OH excluding ortho intramolecular Hbond substituents is 1. The minimum Gasteiger partial charge on any atom is -0.508 e. The van der Waals surface area contributed by atoms with Crippen LogP contribution in [0, 0.1) is 5.92 Å². The van der Waals surface area contributed by atoms with Gasteiger partial charge in [-0.05, 0) is 42.2 Å². The van der Waals surface area contributed by atoms with Crippen LogP contribution in [0.3, 0.4) is 0 Å². The summed E-state index contributed by atoms with van der Waals surface area (Å²) in [7, 11) is 1.73. The van der Waals surface area contributed by atoms with E-state index in [2.05, 4.69) is 19.2 Å². The molecular formula is C25H33NO4. The van der Waals surface area contributed by atoms with Crippen LogP contribution in [0.15, 0.2) is 48.5 Å². The van der Waals surface area contributed by atoms with Crippen LogP contribution in [0.2, 0.25) is 0 Å². The Hall–Kier alpha value is -2.37. The molecule has 0 saturated carbocycles. The summed E-state index contributed by atoms with van der Waals surface area (Å²) in [6, 6.07) is 15.6. The first-order valence-corrected chi connectivity index (χ1v) is 10.7. The van der Waals surface area contributed by atoms with Crippen molar-refractivity contribution in [2.75, 3.05) is 20.3 Å². The molecule has 3 rings (SSSR count). The number of aromatic hydroxyl groups is 1. The van der Waals surface area contributed by atoms with E-state index >= 15 is 0 Å². The number of carbonyl (C=O) groups excluding carboxylic acids is 1. The summed E-state index contributed by atoms with van der Waals surface area (Å²) in [5.41, 5.74) is 3.13. The zero-order valence-corrected chi connectivity index (χ0v) is 18.4. The molecule has 3 atom stereocenters. The molecule has 0 aliphatic heterocycles. The number of nitrogens with one attached hydrogen (secondary N) is 1. The number of phenols is 1. The van der Waals surface area contributed by atoms with Gasteiger partial charge in [-0.15, -0.1) is 0 Å². The van der Waals surface area contributed by atoms with Crippen LogP contribution in [0.25, 0.3) is 0 Å². The lowest BCUT2D eigenvalue weighted by molar-refractivity contribution is -0.148. The van der Waals surface area contributed by atoms with E-state index in [1.807, 2.05) is 49.4 Å². The number of methoxy groups -OCH3 is 1. The molecule has 0 heterocycles. The fourth-order valence-corrected chi connectivity index (χ4v) is 4.58. The highest BCUT2D eigenvalue weighted by molar-refractivity contribution is 5.73. The molecule has 0 saturated heterocycles. The Balaban J connectivity index is 1.81. The van der Waals surface area contributed by atoms with Crippen molar-refractivity contribution in [1.29, 1.82) is 0 Å². The topological polar surface area (TPSA) is 67.8 Å². The largest absolute Gasteiger partial charge is 0.508 e. The highest BCUT2D eigenvalue weighted by Gasteiger charge is 2.43. The second-order valence-corrected chi connectivity index (χ2v) is 8.57. The Morgan fingerprint density at radius 2 is 1.97 bits per heavy atom. The Morgan fingerprint density at radius 3 is 2.63 bits per heavy atom. The molecule has 2 N–H and O–H groups in total. The number of benzene rings is 2. The molecule has 0 amide bonds.